The predicted molar refractivity (Wildman–Crippen MR) is 109 cm³/mol. The van der Waals surface area contributed by atoms with E-state index in [0.29, 0.717) is 19.5 Å². The van der Waals surface area contributed by atoms with Crippen molar-refractivity contribution in [2.24, 2.45) is 11.5 Å². The first-order chi connectivity index (χ1) is 13.6. The number of carbonyl (C=O) groups excluding carboxylic acids is 2. The number of amides is 2. The van der Waals surface area contributed by atoms with Gasteiger partial charge in [-0.25, -0.2) is 0 Å². The highest BCUT2D eigenvalue weighted by molar-refractivity contribution is 6.00. The van der Waals surface area contributed by atoms with Gasteiger partial charge in [0.15, 0.2) is 0 Å². The zero-order chi connectivity index (χ0) is 19.9. The molecule has 1 fully saturated rings. The minimum atomic E-state index is -0.748. The lowest BCUT2D eigenvalue weighted by Gasteiger charge is -2.24. The minimum absolute atomic E-state index is 0.263. The quantitative estimate of drug-likeness (QED) is 0.673. The first-order valence-electron chi connectivity index (χ1n) is 9.73. The molecule has 2 aromatic carbocycles. The van der Waals surface area contributed by atoms with Crippen LogP contribution in [0.25, 0.3) is 0 Å². The second kappa shape index (κ2) is 9.59. The van der Waals surface area contributed by atoms with E-state index in [1.165, 1.54) is 0 Å². The Bertz CT molecular complexity index is 809. The van der Waals surface area contributed by atoms with Crippen molar-refractivity contribution >= 4 is 11.8 Å². The molecule has 0 unspecified atom stereocenters. The summed E-state index contributed by atoms with van der Waals surface area (Å²) in [6, 6.07) is 16.6. The van der Waals surface area contributed by atoms with E-state index in [4.69, 9.17) is 11.5 Å². The Balaban J connectivity index is 1.57. The van der Waals surface area contributed by atoms with Crippen LogP contribution < -0.4 is 16.8 Å². The topological polar surface area (TPSA) is 101 Å². The normalized spacial score (nSPS) is 18.0. The molecule has 1 aliphatic heterocycles. The van der Waals surface area contributed by atoms with Gasteiger partial charge in [-0.1, -0.05) is 54.6 Å². The molecule has 0 spiro atoms. The number of hydrogen-bond donors (Lipinski definition) is 3. The van der Waals surface area contributed by atoms with Gasteiger partial charge in [0.2, 0.25) is 11.8 Å². The Morgan fingerprint density at radius 1 is 1.07 bits per heavy atom. The zero-order valence-electron chi connectivity index (χ0n) is 16.0. The third-order valence-electron chi connectivity index (χ3n) is 5.16. The Kier molecular flexibility index (Phi) is 6.92. The molecule has 148 valence electrons. The van der Waals surface area contributed by atoms with Crippen molar-refractivity contribution < 1.29 is 9.59 Å². The third kappa shape index (κ3) is 5.25. The summed E-state index contributed by atoms with van der Waals surface area (Å²) in [5, 5.41) is 2.52. The van der Waals surface area contributed by atoms with Crippen LogP contribution in [0.15, 0.2) is 54.6 Å². The lowest BCUT2D eigenvalue weighted by atomic mass is 10.1. The van der Waals surface area contributed by atoms with Gasteiger partial charge in [-0.05, 0) is 42.5 Å². The molecule has 0 saturated carbocycles. The summed E-state index contributed by atoms with van der Waals surface area (Å²) in [6.07, 6.45) is 2.07. The number of nitrogens with two attached hydrogens (primary N) is 2. The van der Waals surface area contributed by atoms with Crippen molar-refractivity contribution in [2.75, 3.05) is 6.54 Å². The molecule has 6 nitrogen and oxygen atoms in total. The van der Waals surface area contributed by atoms with E-state index in [1.807, 2.05) is 48.5 Å². The fourth-order valence-corrected chi connectivity index (χ4v) is 3.66. The molecule has 1 saturated heterocycles. The number of nitrogens with one attached hydrogen (secondary N) is 1. The lowest BCUT2D eigenvalue weighted by molar-refractivity contribution is -0.133. The summed E-state index contributed by atoms with van der Waals surface area (Å²) in [5.41, 5.74) is 14.9. The molecule has 6 heteroatoms. The molecular weight excluding hydrogens is 352 g/mol. The molecule has 1 aliphatic rings. The summed E-state index contributed by atoms with van der Waals surface area (Å²) < 4.78 is 0. The summed E-state index contributed by atoms with van der Waals surface area (Å²) in [5.74, 6) is -0.688. The van der Waals surface area contributed by atoms with Crippen molar-refractivity contribution in [2.45, 2.75) is 44.4 Å². The summed E-state index contributed by atoms with van der Waals surface area (Å²) in [4.78, 5) is 27.2. The molecule has 1 heterocycles. The van der Waals surface area contributed by atoms with Crippen molar-refractivity contribution in [3.8, 4) is 0 Å². The van der Waals surface area contributed by atoms with Gasteiger partial charge in [-0.15, -0.1) is 0 Å². The third-order valence-corrected chi connectivity index (χ3v) is 5.16. The highest BCUT2D eigenvalue weighted by atomic mass is 16.2. The monoisotopic (exact) mass is 380 g/mol. The Morgan fingerprint density at radius 3 is 2.54 bits per heavy atom. The second-order valence-electron chi connectivity index (χ2n) is 7.30. The second-order valence-corrected chi connectivity index (χ2v) is 7.30. The van der Waals surface area contributed by atoms with Crippen molar-refractivity contribution in [1.29, 1.82) is 0 Å². The number of hydrogen-bond acceptors (Lipinski definition) is 5. The molecule has 0 bridgehead atoms. The summed E-state index contributed by atoms with van der Waals surface area (Å²) in [7, 11) is 0. The molecule has 2 amide bonds. The van der Waals surface area contributed by atoms with E-state index < -0.39 is 11.9 Å². The van der Waals surface area contributed by atoms with Gasteiger partial charge in [-0.2, -0.15) is 0 Å². The van der Waals surface area contributed by atoms with Crippen molar-refractivity contribution in [3.05, 3.63) is 71.3 Å². The molecule has 2 atom stereocenters. The fraction of sp³-hybridized carbons (Fsp3) is 0.364. The van der Waals surface area contributed by atoms with Crippen LogP contribution in [0.5, 0.6) is 0 Å². The van der Waals surface area contributed by atoms with Crippen LogP contribution >= 0.6 is 0 Å². The maximum atomic E-state index is 12.7. The number of rotatable bonds is 7. The van der Waals surface area contributed by atoms with E-state index in [2.05, 4.69) is 16.3 Å². The first kappa shape index (κ1) is 20.2. The van der Waals surface area contributed by atoms with Gasteiger partial charge < -0.3 is 11.5 Å². The molecular formula is C22H28N4O2. The van der Waals surface area contributed by atoms with Crippen LogP contribution in [0.1, 0.15) is 29.5 Å². The molecule has 0 radical (unpaired) electrons. The summed E-state index contributed by atoms with van der Waals surface area (Å²) >= 11 is 0. The van der Waals surface area contributed by atoms with Crippen molar-refractivity contribution in [1.82, 2.24) is 10.2 Å². The van der Waals surface area contributed by atoms with Crippen LogP contribution in [0.2, 0.25) is 0 Å². The minimum Gasteiger partial charge on any atom is -0.326 e. The number of benzene rings is 2. The smallest absolute Gasteiger partial charge is 0.243 e. The van der Waals surface area contributed by atoms with Gasteiger partial charge >= 0.3 is 0 Å². The van der Waals surface area contributed by atoms with E-state index in [9.17, 15) is 9.59 Å². The Labute approximate surface area is 165 Å². The van der Waals surface area contributed by atoms with Crippen molar-refractivity contribution in [3.63, 3.8) is 0 Å². The van der Waals surface area contributed by atoms with E-state index in [1.54, 1.807) is 0 Å². The average molecular weight is 380 g/mol. The van der Waals surface area contributed by atoms with Gasteiger partial charge in [-0.3, -0.25) is 19.8 Å². The lowest BCUT2D eigenvalue weighted by Crippen LogP contribution is -2.50. The van der Waals surface area contributed by atoms with E-state index in [-0.39, 0.29) is 11.9 Å². The first-order valence-corrected chi connectivity index (χ1v) is 9.73. The SMILES string of the molecule is NCc1cccc(CN2CCC[C@H]2C(=O)NC(=O)[C@H](N)Cc2ccccc2)c1. The number of likely N-dealkylation sites (tertiary alicyclic amines) is 1. The number of imide groups is 1. The van der Waals surface area contributed by atoms with Crippen LogP contribution in [0.3, 0.4) is 0 Å². The molecule has 0 aromatic heterocycles. The van der Waals surface area contributed by atoms with E-state index in [0.717, 1.165) is 36.1 Å². The highest BCUT2D eigenvalue weighted by Gasteiger charge is 2.32. The summed E-state index contributed by atoms with van der Waals surface area (Å²) in [6.45, 7) is 1.98. The average Bonchev–Trinajstić information content (AvgIpc) is 3.17. The van der Waals surface area contributed by atoms with Gasteiger partial charge in [0.1, 0.15) is 0 Å². The number of nitrogens with zero attached hydrogens (tertiary/aromatic N) is 1. The van der Waals surface area contributed by atoms with Crippen LogP contribution in [0, 0.1) is 0 Å². The number of carbonyl (C=O) groups is 2. The molecule has 5 N–H and O–H groups in total. The highest BCUT2D eigenvalue weighted by Crippen LogP contribution is 2.21. The molecule has 0 aliphatic carbocycles. The standard InChI is InChI=1S/C22H28N4O2/c23-14-17-8-4-9-18(12-17)15-26-11-5-10-20(26)22(28)25-21(27)19(24)13-16-6-2-1-3-7-16/h1-4,6-9,12,19-20H,5,10-11,13-15,23-24H2,(H,25,27,28)/t19-,20+/m1/s1. The Morgan fingerprint density at radius 2 is 1.79 bits per heavy atom. The predicted octanol–water partition coefficient (Wildman–Crippen LogP) is 1.32. The molecule has 28 heavy (non-hydrogen) atoms. The van der Waals surface area contributed by atoms with Gasteiger partial charge in [0, 0.05) is 13.1 Å². The van der Waals surface area contributed by atoms with Gasteiger partial charge in [0.25, 0.3) is 0 Å². The maximum absolute atomic E-state index is 12.7. The zero-order valence-corrected chi connectivity index (χ0v) is 16.0. The van der Waals surface area contributed by atoms with E-state index >= 15 is 0 Å². The fourth-order valence-electron chi connectivity index (χ4n) is 3.66. The van der Waals surface area contributed by atoms with Crippen LogP contribution in [-0.2, 0) is 29.1 Å². The van der Waals surface area contributed by atoms with Crippen LogP contribution in [0.4, 0.5) is 0 Å². The largest absolute Gasteiger partial charge is 0.326 e. The van der Waals surface area contributed by atoms with Gasteiger partial charge in [0.05, 0.1) is 12.1 Å². The maximum Gasteiger partial charge on any atom is 0.243 e. The molecule has 3 rings (SSSR count). The molecule has 2 aromatic rings. The van der Waals surface area contributed by atoms with Crippen LogP contribution in [-0.4, -0.2) is 35.3 Å². The Hall–Kier alpha value is -2.54.